The van der Waals surface area contributed by atoms with Gasteiger partial charge in [0.1, 0.15) is 0 Å². The van der Waals surface area contributed by atoms with E-state index < -0.39 is 48.1 Å². The fraction of sp³-hybridized carbons (Fsp3) is 0.778. The molecule has 4 amide bonds. The molecule has 0 spiro atoms. The van der Waals surface area contributed by atoms with Gasteiger partial charge in [0.15, 0.2) is 0 Å². The minimum atomic E-state index is -5.10. The lowest BCUT2D eigenvalue weighted by atomic mass is 9.92. The molecule has 2 aliphatic rings. The Morgan fingerprint density at radius 3 is 1.28 bits per heavy atom. The lowest BCUT2D eigenvalue weighted by Gasteiger charge is -2.40. The molecule has 0 unspecified atom stereocenters. The highest BCUT2D eigenvalue weighted by atomic mass is 19.4. The van der Waals surface area contributed by atoms with Crippen molar-refractivity contribution in [1.82, 2.24) is 20.4 Å². The monoisotopic (exact) mass is 474 g/mol. The molecular formula is C18H24F6N4O4. The standard InChI is InChI=1S/C18H24F6N4O4/c1-9-3-5-27(7-11(9)25-15(31)17(19,20)21)13(29)14(30)28-6-4-10(2)12(8-28)26-16(32)18(22,23)24/h9-12H,3-8H2,1-2H3,(H,25,31)(H,26,32)/t9-,10-,11+,12+/m1/s1. The largest absolute Gasteiger partial charge is 0.471 e. The van der Waals surface area contributed by atoms with Crippen LogP contribution in [0.3, 0.4) is 0 Å². The van der Waals surface area contributed by atoms with Gasteiger partial charge in [0.25, 0.3) is 0 Å². The van der Waals surface area contributed by atoms with E-state index in [4.69, 9.17) is 0 Å². The van der Waals surface area contributed by atoms with E-state index in [1.165, 1.54) is 0 Å². The number of nitrogens with one attached hydrogen (secondary N) is 2. The first-order valence-corrected chi connectivity index (χ1v) is 9.94. The number of nitrogens with zero attached hydrogens (tertiary/aromatic N) is 2. The number of halogens is 6. The third-order valence-electron chi connectivity index (χ3n) is 5.82. The third kappa shape index (κ3) is 6.25. The van der Waals surface area contributed by atoms with Gasteiger partial charge in [0.05, 0.1) is 0 Å². The van der Waals surface area contributed by atoms with Crippen LogP contribution in [0.1, 0.15) is 26.7 Å². The molecule has 0 aliphatic carbocycles. The highest BCUT2D eigenvalue weighted by Crippen LogP contribution is 2.23. The van der Waals surface area contributed by atoms with Crippen molar-refractivity contribution in [2.45, 2.75) is 51.1 Å². The fourth-order valence-electron chi connectivity index (χ4n) is 3.65. The maximum absolute atomic E-state index is 12.6. The maximum atomic E-state index is 12.6. The van der Waals surface area contributed by atoms with Gasteiger partial charge in [-0.1, -0.05) is 13.8 Å². The van der Waals surface area contributed by atoms with E-state index in [9.17, 15) is 45.5 Å². The second kappa shape index (κ2) is 9.53. The number of likely N-dealkylation sites (tertiary alicyclic amines) is 2. The van der Waals surface area contributed by atoms with Crippen LogP contribution in [0.5, 0.6) is 0 Å². The van der Waals surface area contributed by atoms with E-state index in [1.807, 2.05) is 10.6 Å². The van der Waals surface area contributed by atoms with Crippen molar-refractivity contribution < 1.29 is 45.5 Å². The van der Waals surface area contributed by atoms with Crippen LogP contribution in [0.25, 0.3) is 0 Å². The summed E-state index contributed by atoms with van der Waals surface area (Å²) >= 11 is 0. The molecule has 2 aliphatic heterocycles. The number of alkyl halides is 6. The number of piperidine rings is 2. The highest BCUT2D eigenvalue weighted by Gasteiger charge is 2.44. The lowest BCUT2D eigenvalue weighted by Crippen LogP contribution is -2.60. The molecule has 2 N–H and O–H groups in total. The van der Waals surface area contributed by atoms with Gasteiger partial charge in [0, 0.05) is 38.3 Å². The predicted octanol–water partition coefficient (Wildman–Crippen LogP) is 0.817. The normalized spacial score (nSPS) is 27.0. The van der Waals surface area contributed by atoms with Crippen molar-refractivity contribution in [3.8, 4) is 0 Å². The Balaban J connectivity index is 2.02. The lowest BCUT2D eigenvalue weighted by molar-refractivity contribution is -0.175. The first kappa shape index (κ1) is 25.7. The van der Waals surface area contributed by atoms with Gasteiger partial charge >= 0.3 is 36.0 Å². The van der Waals surface area contributed by atoms with Crippen LogP contribution in [0.15, 0.2) is 0 Å². The molecule has 14 heteroatoms. The second-order valence-corrected chi connectivity index (χ2v) is 8.19. The molecule has 8 nitrogen and oxygen atoms in total. The Kier molecular flexibility index (Phi) is 7.66. The van der Waals surface area contributed by atoms with Gasteiger partial charge in [-0.2, -0.15) is 26.3 Å². The van der Waals surface area contributed by atoms with Crippen molar-refractivity contribution in [2.75, 3.05) is 26.2 Å². The van der Waals surface area contributed by atoms with Gasteiger partial charge in [-0.25, -0.2) is 0 Å². The van der Waals surface area contributed by atoms with E-state index in [-0.39, 0.29) is 50.9 Å². The van der Waals surface area contributed by atoms with Gasteiger partial charge in [-0.05, 0) is 24.7 Å². The first-order chi connectivity index (χ1) is 14.6. The molecule has 2 fully saturated rings. The molecule has 0 aromatic heterocycles. The average Bonchev–Trinajstić information content (AvgIpc) is 2.68. The predicted molar refractivity (Wildman–Crippen MR) is 96.7 cm³/mol. The number of amides is 4. The number of hydrogen-bond donors (Lipinski definition) is 2. The number of rotatable bonds is 2. The van der Waals surface area contributed by atoms with Crippen molar-refractivity contribution in [2.24, 2.45) is 11.8 Å². The zero-order valence-electron chi connectivity index (χ0n) is 17.3. The summed E-state index contributed by atoms with van der Waals surface area (Å²) in [5, 5.41) is 3.65. The van der Waals surface area contributed by atoms with E-state index in [0.29, 0.717) is 0 Å². The van der Waals surface area contributed by atoms with Gasteiger partial charge in [0.2, 0.25) is 0 Å². The summed E-state index contributed by atoms with van der Waals surface area (Å²) in [6.07, 6.45) is -9.71. The molecule has 0 bridgehead atoms. The van der Waals surface area contributed by atoms with Crippen molar-refractivity contribution >= 4 is 23.6 Å². The molecule has 0 saturated carbocycles. The summed E-state index contributed by atoms with van der Waals surface area (Å²) in [5.74, 6) is -7.11. The average molecular weight is 474 g/mol. The molecule has 182 valence electrons. The molecular weight excluding hydrogens is 450 g/mol. The van der Waals surface area contributed by atoms with Crippen molar-refractivity contribution in [3.63, 3.8) is 0 Å². The van der Waals surface area contributed by atoms with E-state index in [2.05, 4.69) is 0 Å². The van der Waals surface area contributed by atoms with E-state index in [0.717, 1.165) is 9.80 Å². The minimum Gasteiger partial charge on any atom is -0.343 e. The summed E-state index contributed by atoms with van der Waals surface area (Å²) in [5.41, 5.74) is 0. The summed E-state index contributed by atoms with van der Waals surface area (Å²) in [7, 11) is 0. The molecule has 4 atom stereocenters. The number of hydrogen-bond acceptors (Lipinski definition) is 4. The summed E-state index contributed by atoms with van der Waals surface area (Å²) in [6.45, 7) is 2.72. The van der Waals surface area contributed by atoms with Gasteiger partial charge in [-0.15, -0.1) is 0 Å². The topological polar surface area (TPSA) is 98.8 Å². The smallest absolute Gasteiger partial charge is 0.343 e. The van der Waals surface area contributed by atoms with Crippen LogP contribution in [-0.4, -0.2) is 84.0 Å². The zero-order valence-corrected chi connectivity index (χ0v) is 17.3. The summed E-state index contributed by atoms with van der Waals surface area (Å²) in [4.78, 5) is 49.8. The minimum absolute atomic E-state index is 0.0720. The quantitative estimate of drug-likeness (QED) is 0.457. The van der Waals surface area contributed by atoms with Gasteiger partial charge in [-0.3, -0.25) is 19.2 Å². The van der Waals surface area contributed by atoms with Crippen LogP contribution in [0.4, 0.5) is 26.3 Å². The number of carbonyl (C=O) groups excluding carboxylic acids is 4. The zero-order chi connectivity index (χ0) is 24.4. The van der Waals surface area contributed by atoms with Gasteiger partial charge < -0.3 is 20.4 Å². The second-order valence-electron chi connectivity index (χ2n) is 8.19. The molecule has 0 aromatic rings. The Morgan fingerprint density at radius 1 is 0.688 bits per heavy atom. The number of carbonyl (C=O) groups is 4. The van der Waals surface area contributed by atoms with Crippen LogP contribution in [-0.2, 0) is 19.2 Å². The van der Waals surface area contributed by atoms with Crippen molar-refractivity contribution in [1.29, 1.82) is 0 Å². The molecule has 32 heavy (non-hydrogen) atoms. The van der Waals surface area contributed by atoms with Crippen LogP contribution >= 0.6 is 0 Å². The Morgan fingerprint density at radius 2 is 1.00 bits per heavy atom. The molecule has 2 saturated heterocycles. The SMILES string of the molecule is C[C@@H]1CCN(C(=O)C(=O)N2CC[C@@H](C)[C@@H](NC(=O)C(F)(F)F)C2)C[C@@H]1NC(=O)C(F)(F)F. The van der Waals surface area contributed by atoms with E-state index >= 15 is 0 Å². The van der Waals surface area contributed by atoms with Crippen LogP contribution in [0, 0.1) is 11.8 Å². The first-order valence-electron chi connectivity index (χ1n) is 9.94. The molecule has 2 rings (SSSR count). The maximum Gasteiger partial charge on any atom is 0.471 e. The van der Waals surface area contributed by atoms with E-state index in [1.54, 1.807) is 13.8 Å². The fourth-order valence-corrected chi connectivity index (χ4v) is 3.65. The highest BCUT2D eigenvalue weighted by molar-refractivity contribution is 6.35. The third-order valence-corrected chi connectivity index (χ3v) is 5.82. The molecule has 0 aromatic carbocycles. The summed E-state index contributed by atoms with van der Waals surface area (Å²) in [6, 6.07) is -2.04. The molecule has 0 radical (unpaired) electrons. The Labute approximate surface area is 179 Å². The summed E-state index contributed by atoms with van der Waals surface area (Å²) < 4.78 is 75.2. The van der Waals surface area contributed by atoms with Crippen molar-refractivity contribution in [3.05, 3.63) is 0 Å². The Bertz CT molecular complexity index is 695. The van der Waals surface area contributed by atoms with Crippen LogP contribution < -0.4 is 10.6 Å². The van der Waals surface area contributed by atoms with Crippen LogP contribution in [0.2, 0.25) is 0 Å². The Hall–Kier alpha value is -2.54. The molecule has 2 heterocycles.